The number of hydrogen-bond donors (Lipinski definition) is 1. The third-order valence-corrected chi connectivity index (χ3v) is 8.33. The van der Waals surface area contributed by atoms with Crippen molar-refractivity contribution in [2.45, 2.75) is 38.9 Å². The molecule has 2 aliphatic rings. The van der Waals surface area contributed by atoms with E-state index in [4.69, 9.17) is 16.3 Å². The van der Waals surface area contributed by atoms with Crippen molar-refractivity contribution >= 4 is 33.9 Å². The van der Waals surface area contributed by atoms with Crippen LogP contribution in [-0.4, -0.2) is 70.6 Å². The first-order chi connectivity index (χ1) is 19.5. The van der Waals surface area contributed by atoms with E-state index in [0.717, 1.165) is 49.4 Å². The molecule has 0 aliphatic carbocycles. The minimum Gasteiger partial charge on any atom is -0.379 e. The highest BCUT2D eigenvalue weighted by Crippen LogP contribution is 2.23. The summed E-state index contributed by atoms with van der Waals surface area (Å²) in [6.45, 7) is 7.23. The molecule has 0 unspecified atom stereocenters. The van der Waals surface area contributed by atoms with E-state index in [1.54, 1.807) is 16.7 Å². The maximum atomic E-state index is 13.8. The minimum absolute atomic E-state index is 0.0397. The summed E-state index contributed by atoms with van der Waals surface area (Å²) in [4.78, 5) is 45.4. The van der Waals surface area contributed by atoms with E-state index in [1.165, 1.54) is 29.9 Å². The number of hydrogen-bond acceptors (Lipinski definition) is 6. The predicted molar refractivity (Wildman–Crippen MR) is 156 cm³/mol. The Morgan fingerprint density at radius 3 is 2.40 bits per heavy atom. The molecule has 0 atom stereocenters. The molecule has 2 aliphatic heterocycles. The van der Waals surface area contributed by atoms with Crippen LogP contribution in [0.25, 0.3) is 16.4 Å². The number of piperidine rings is 1. The van der Waals surface area contributed by atoms with E-state index in [0.29, 0.717) is 42.2 Å². The Morgan fingerprint density at radius 2 is 1.65 bits per heavy atom. The highest BCUT2D eigenvalue weighted by molar-refractivity contribution is 6.30. The van der Waals surface area contributed by atoms with Crippen LogP contribution >= 0.6 is 11.6 Å². The summed E-state index contributed by atoms with van der Waals surface area (Å²) < 4.78 is 8.76. The number of rotatable bonds is 8. The zero-order chi connectivity index (χ0) is 27.6. The largest absolute Gasteiger partial charge is 0.379 e. The van der Waals surface area contributed by atoms with Gasteiger partial charge in [0, 0.05) is 55.9 Å². The average Bonchev–Trinajstić information content (AvgIpc) is 3.24. The number of carbonyl (C=O) groups excluding carboxylic acids is 1. The first kappa shape index (κ1) is 27.0. The molecule has 1 N–H and O–H groups in total. The second-order valence-corrected chi connectivity index (χ2v) is 11.2. The van der Waals surface area contributed by atoms with E-state index in [-0.39, 0.29) is 23.2 Å². The van der Waals surface area contributed by atoms with Crippen LogP contribution in [0.1, 0.15) is 40.7 Å². The Balaban J connectivity index is 1.38. The lowest BCUT2D eigenvalue weighted by Crippen LogP contribution is -2.35. The van der Waals surface area contributed by atoms with E-state index in [2.05, 4.69) is 15.1 Å². The molecule has 9 nitrogen and oxygen atoms in total. The van der Waals surface area contributed by atoms with Crippen LogP contribution in [0.15, 0.2) is 52.2 Å². The number of morpholine rings is 1. The summed E-state index contributed by atoms with van der Waals surface area (Å²) in [7, 11) is 0. The Kier molecular flexibility index (Phi) is 7.89. The van der Waals surface area contributed by atoms with Gasteiger partial charge in [-0.1, -0.05) is 30.2 Å². The lowest BCUT2D eigenvalue weighted by atomic mass is 10.1. The molecule has 2 aromatic heterocycles. The van der Waals surface area contributed by atoms with Gasteiger partial charge in [0.15, 0.2) is 0 Å². The predicted octanol–water partition coefficient (Wildman–Crippen LogP) is 2.95. The number of nitrogens with one attached hydrogen (secondary N) is 1. The van der Waals surface area contributed by atoms with Gasteiger partial charge in [0.25, 0.3) is 5.91 Å². The number of ether oxygens (including phenoxy) is 1. The van der Waals surface area contributed by atoms with E-state index in [1.807, 2.05) is 24.3 Å². The van der Waals surface area contributed by atoms with Crippen molar-refractivity contribution in [1.82, 2.24) is 24.1 Å². The molecule has 0 radical (unpaired) electrons. The van der Waals surface area contributed by atoms with Crippen LogP contribution in [0.5, 0.6) is 0 Å². The van der Waals surface area contributed by atoms with Crippen molar-refractivity contribution in [3.8, 4) is 0 Å². The fraction of sp³-hybridized carbons (Fsp3) is 0.433. The molecule has 0 saturated carbocycles. The molecule has 0 spiro atoms. The van der Waals surface area contributed by atoms with E-state index < -0.39 is 5.91 Å². The van der Waals surface area contributed by atoms with Gasteiger partial charge in [-0.15, -0.1) is 0 Å². The van der Waals surface area contributed by atoms with Crippen molar-refractivity contribution in [2.24, 2.45) is 0 Å². The molecule has 6 rings (SSSR count). The molecule has 40 heavy (non-hydrogen) atoms. The van der Waals surface area contributed by atoms with Crippen molar-refractivity contribution < 1.29 is 9.53 Å². The van der Waals surface area contributed by atoms with Gasteiger partial charge in [-0.25, -0.2) is 4.79 Å². The minimum atomic E-state index is -0.509. The zero-order valence-electron chi connectivity index (χ0n) is 22.5. The van der Waals surface area contributed by atoms with Crippen molar-refractivity contribution in [3.63, 3.8) is 0 Å². The Bertz CT molecular complexity index is 1620. The summed E-state index contributed by atoms with van der Waals surface area (Å²) in [5.41, 5.74) is 2.49. The van der Waals surface area contributed by atoms with Gasteiger partial charge in [0.2, 0.25) is 5.43 Å². The fourth-order valence-electron chi connectivity index (χ4n) is 5.88. The Morgan fingerprint density at radius 1 is 0.900 bits per heavy atom. The van der Waals surface area contributed by atoms with Crippen molar-refractivity contribution in [2.75, 3.05) is 45.9 Å². The molecular weight excluding hydrogens is 530 g/mol. The summed E-state index contributed by atoms with van der Waals surface area (Å²) >= 11 is 5.97. The van der Waals surface area contributed by atoms with E-state index >= 15 is 0 Å². The first-order valence-electron chi connectivity index (χ1n) is 14.1. The van der Waals surface area contributed by atoms with Gasteiger partial charge in [-0.2, -0.15) is 0 Å². The summed E-state index contributed by atoms with van der Waals surface area (Å²) in [6, 6.07) is 11.0. The molecule has 10 heteroatoms. The number of likely N-dealkylation sites (tertiary alicyclic amines) is 1. The highest BCUT2D eigenvalue weighted by atomic mass is 35.5. The van der Waals surface area contributed by atoms with Crippen LogP contribution in [0.4, 0.5) is 0 Å². The molecule has 2 aromatic carbocycles. The van der Waals surface area contributed by atoms with Crippen LogP contribution < -0.4 is 16.4 Å². The standard InChI is InChI=1S/C30H34ClN5O4/c31-23-6-4-21(5-7-23)18-32-29(38)25-20-36-27-24(28(25)37)16-22(19-34-12-14-40-15-13-34)17-26(27)35(30(36)39)11-10-33-8-2-1-3-9-33/h4-7,16-17,20H,1-3,8-15,18-19H2,(H,32,38). The summed E-state index contributed by atoms with van der Waals surface area (Å²) in [5, 5.41) is 3.84. The number of pyridine rings is 1. The zero-order valence-corrected chi connectivity index (χ0v) is 23.3. The van der Waals surface area contributed by atoms with Crippen LogP contribution in [0.2, 0.25) is 5.02 Å². The molecule has 4 aromatic rings. The quantitative estimate of drug-likeness (QED) is 0.355. The molecule has 2 fully saturated rings. The van der Waals surface area contributed by atoms with E-state index in [9.17, 15) is 14.4 Å². The molecule has 1 amide bonds. The SMILES string of the molecule is O=C(NCc1ccc(Cl)cc1)c1cn2c(=O)n(CCN3CCCCC3)c3cc(CN4CCOCC4)cc(c1=O)c32. The van der Waals surface area contributed by atoms with Crippen LogP contribution in [0, 0.1) is 0 Å². The van der Waals surface area contributed by atoms with Gasteiger partial charge in [-0.05, 0) is 61.3 Å². The first-order valence-corrected chi connectivity index (χ1v) is 14.4. The van der Waals surface area contributed by atoms with Crippen LogP contribution in [-0.2, 0) is 24.4 Å². The smallest absolute Gasteiger partial charge is 0.333 e. The molecule has 210 valence electrons. The lowest BCUT2D eigenvalue weighted by molar-refractivity contribution is 0.0342. The number of imidazole rings is 1. The number of nitrogens with zero attached hydrogens (tertiary/aromatic N) is 4. The topological polar surface area (TPSA) is 88.3 Å². The van der Waals surface area contributed by atoms with Crippen molar-refractivity contribution in [1.29, 1.82) is 0 Å². The summed E-state index contributed by atoms with van der Waals surface area (Å²) in [5.74, 6) is -0.509. The van der Waals surface area contributed by atoms with Gasteiger partial charge in [0.1, 0.15) is 5.56 Å². The fourth-order valence-corrected chi connectivity index (χ4v) is 6.01. The lowest BCUT2D eigenvalue weighted by Gasteiger charge is -2.27. The number of amides is 1. The number of benzene rings is 2. The van der Waals surface area contributed by atoms with Crippen LogP contribution in [0.3, 0.4) is 0 Å². The van der Waals surface area contributed by atoms with Crippen molar-refractivity contribution in [3.05, 3.63) is 85.0 Å². The number of carbonyl (C=O) groups is 1. The third-order valence-electron chi connectivity index (χ3n) is 8.08. The Labute approximate surface area is 237 Å². The summed E-state index contributed by atoms with van der Waals surface area (Å²) in [6.07, 6.45) is 5.02. The third kappa shape index (κ3) is 5.51. The number of halogens is 1. The monoisotopic (exact) mass is 563 g/mol. The maximum Gasteiger partial charge on any atom is 0.333 e. The molecular formula is C30H34ClN5O4. The second-order valence-electron chi connectivity index (χ2n) is 10.8. The van der Waals surface area contributed by atoms with Gasteiger partial charge >= 0.3 is 5.69 Å². The molecule has 4 heterocycles. The Hall–Kier alpha value is -3.24. The average molecular weight is 564 g/mol. The highest BCUT2D eigenvalue weighted by Gasteiger charge is 2.23. The second kappa shape index (κ2) is 11.7. The maximum absolute atomic E-state index is 13.8. The van der Waals surface area contributed by atoms with Gasteiger partial charge < -0.3 is 15.0 Å². The molecule has 2 saturated heterocycles. The normalized spacial score (nSPS) is 17.1. The molecule has 0 bridgehead atoms. The number of aromatic nitrogens is 2. The van der Waals surface area contributed by atoms with Gasteiger partial charge in [0.05, 0.1) is 24.2 Å². The van der Waals surface area contributed by atoms with Gasteiger partial charge in [-0.3, -0.25) is 23.5 Å².